The minimum Gasteiger partial charge on any atom is -0.382 e. The third-order valence-corrected chi connectivity index (χ3v) is 5.25. The number of fused-ring (bicyclic) bond motifs is 1. The molecule has 0 radical (unpaired) electrons. The first-order valence-corrected chi connectivity index (χ1v) is 11.2. The van der Waals surface area contributed by atoms with E-state index in [2.05, 4.69) is 59.1 Å². The highest BCUT2D eigenvalue weighted by Crippen LogP contribution is 2.35. The normalized spacial score (nSPS) is 13.8. The number of carbonyl (C=O) groups excluding carboxylic acids is 1. The molecule has 0 atom stereocenters. The number of rotatable bonds is 10. The zero-order chi connectivity index (χ0) is 25.1. The Morgan fingerprint density at radius 3 is 2.82 bits per heavy atom. The molecule has 2 aromatic heterocycles. The van der Waals surface area contributed by atoms with E-state index in [0.717, 1.165) is 29.6 Å². The molecule has 182 valence electrons. The van der Waals surface area contributed by atoms with E-state index in [-0.39, 0.29) is 17.1 Å². The molecule has 9 nitrogen and oxygen atoms in total. The first kappa shape index (κ1) is 26.6. The first-order chi connectivity index (χ1) is 16.2. The van der Waals surface area contributed by atoms with Gasteiger partial charge < -0.3 is 15.9 Å². The smallest absolute Gasteiger partial charge is 0.169 e. The summed E-state index contributed by atoms with van der Waals surface area (Å²) in [7, 11) is 0. The SMILES string of the molecule is C#C/C=C/NCNCO/N=C(\C)C(C)(C)C.C=CCc1c(C(=O)C2CC2)cn2ncnc(N)c12. The van der Waals surface area contributed by atoms with Crippen LogP contribution in [0.15, 0.2) is 42.6 Å². The van der Waals surface area contributed by atoms with Crippen LogP contribution in [0.1, 0.15) is 56.5 Å². The van der Waals surface area contributed by atoms with Crippen molar-refractivity contribution in [1.82, 2.24) is 25.2 Å². The van der Waals surface area contributed by atoms with Gasteiger partial charge in [0.05, 0.1) is 12.4 Å². The lowest BCUT2D eigenvalue weighted by atomic mass is 9.91. The molecule has 9 heteroatoms. The van der Waals surface area contributed by atoms with E-state index in [0.29, 0.717) is 31.2 Å². The van der Waals surface area contributed by atoms with Crippen molar-refractivity contribution in [2.45, 2.75) is 47.0 Å². The topological polar surface area (TPSA) is 119 Å². The van der Waals surface area contributed by atoms with Crippen LogP contribution in [-0.4, -0.2) is 39.5 Å². The molecule has 4 N–H and O–H groups in total. The molecule has 3 rings (SSSR count). The summed E-state index contributed by atoms with van der Waals surface area (Å²) >= 11 is 0. The number of ketones is 1. The average molecular weight is 466 g/mol. The maximum absolute atomic E-state index is 12.2. The highest BCUT2D eigenvalue weighted by molar-refractivity contribution is 6.03. The van der Waals surface area contributed by atoms with Crippen LogP contribution in [0.4, 0.5) is 5.82 Å². The van der Waals surface area contributed by atoms with Crippen molar-refractivity contribution in [2.75, 3.05) is 19.1 Å². The maximum Gasteiger partial charge on any atom is 0.169 e. The number of hydrogen-bond donors (Lipinski definition) is 3. The minimum absolute atomic E-state index is 0.0494. The fourth-order valence-corrected chi connectivity index (χ4v) is 2.83. The fraction of sp³-hybridized carbons (Fsp3) is 0.440. The van der Waals surface area contributed by atoms with Crippen LogP contribution < -0.4 is 16.4 Å². The number of hydrogen-bond acceptors (Lipinski definition) is 8. The maximum atomic E-state index is 12.2. The molecule has 34 heavy (non-hydrogen) atoms. The number of nitrogens with two attached hydrogens (primary N) is 1. The van der Waals surface area contributed by atoms with E-state index in [9.17, 15) is 4.79 Å². The number of nitrogen functional groups attached to an aromatic ring is 1. The molecule has 0 unspecified atom stereocenters. The number of allylic oxidation sites excluding steroid dienone is 2. The van der Waals surface area contributed by atoms with Crippen LogP contribution in [-0.2, 0) is 11.3 Å². The Bertz CT molecular complexity index is 1080. The second-order valence-electron chi connectivity index (χ2n) is 8.92. The van der Waals surface area contributed by atoms with Gasteiger partial charge in [-0.05, 0) is 31.7 Å². The first-order valence-electron chi connectivity index (χ1n) is 11.2. The molecule has 1 aliphatic rings. The van der Waals surface area contributed by atoms with Crippen molar-refractivity contribution in [3.05, 3.63) is 48.6 Å². The predicted molar refractivity (Wildman–Crippen MR) is 136 cm³/mol. The monoisotopic (exact) mass is 465 g/mol. The molecule has 0 spiro atoms. The van der Waals surface area contributed by atoms with Gasteiger partial charge in [0.25, 0.3) is 0 Å². The van der Waals surface area contributed by atoms with E-state index >= 15 is 0 Å². The minimum atomic E-state index is 0.0494. The lowest BCUT2D eigenvalue weighted by molar-refractivity contribution is 0.0967. The Morgan fingerprint density at radius 1 is 1.47 bits per heavy atom. The van der Waals surface area contributed by atoms with Crippen LogP contribution in [0.5, 0.6) is 0 Å². The molecule has 0 amide bonds. The van der Waals surface area contributed by atoms with Gasteiger partial charge in [-0.2, -0.15) is 5.10 Å². The van der Waals surface area contributed by atoms with Crippen LogP contribution in [0.3, 0.4) is 0 Å². The zero-order valence-corrected chi connectivity index (χ0v) is 20.5. The molecule has 2 aromatic rings. The molecular weight excluding hydrogens is 430 g/mol. The summed E-state index contributed by atoms with van der Waals surface area (Å²) in [6.45, 7) is 12.9. The number of anilines is 1. The Labute approximate surface area is 201 Å². The third kappa shape index (κ3) is 7.74. The number of nitrogens with zero attached hydrogens (tertiary/aromatic N) is 4. The number of nitrogens with one attached hydrogen (secondary N) is 2. The van der Waals surface area contributed by atoms with Crippen molar-refractivity contribution in [3.8, 4) is 12.3 Å². The van der Waals surface area contributed by atoms with Gasteiger partial charge in [-0.15, -0.1) is 13.0 Å². The second kappa shape index (κ2) is 12.6. The van der Waals surface area contributed by atoms with E-state index < -0.39 is 0 Å². The summed E-state index contributed by atoms with van der Waals surface area (Å²) in [6, 6.07) is 0. The molecule has 1 fully saturated rings. The van der Waals surface area contributed by atoms with E-state index in [1.807, 2.05) is 6.92 Å². The summed E-state index contributed by atoms with van der Waals surface area (Å²) in [6.07, 6.45) is 15.8. The van der Waals surface area contributed by atoms with E-state index in [1.165, 1.54) is 6.33 Å². The molecule has 1 aliphatic carbocycles. The Morgan fingerprint density at radius 2 is 2.21 bits per heavy atom. The molecule has 0 bridgehead atoms. The summed E-state index contributed by atoms with van der Waals surface area (Å²) in [5.41, 5.74) is 9.22. The molecule has 0 aromatic carbocycles. The van der Waals surface area contributed by atoms with Gasteiger partial charge in [-0.3, -0.25) is 10.1 Å². The molecular formula is C25H35N7O2. The molecule has 0 saturated heterocycles. The van der Waals surface area contributed by atoms with Crippen molar-refractivity contribution < 1.29 is 9.63 Å². The van der Waals surface area contributed by atoms with Crippen molar-refractivity contribution in [3.63, 3.8) is 0 Å². The van der Waals surface area contributed by atoms with Crippen LogP contribution in [0.2, 0.25) is 0 Å². The van der Waals surface area contributed by atoms with Crippen molar-refractivity contribution >= 4 is 22.8 Å². The number of oxime groups is 1. The number of Topliss-reactive ketones (excluding diaryl/α,β-unsaturated/α-hetero) is 1. The van der Waals surface area contributed by atoms with Gasteiger partial charge in [0.15, 0.2) is 18.3 Å². The van der Waals surface area contributed by atoms with Gasteiger partial charge in [0.1, 0.15) is 11.8 Å². The van der Waals surface area contributed by atoms with E-state index in [4.69, 9.17) is 17.0 Å². The second-order valence-corrected chi connectivity index (χ2v) is 8.92. The van der Waals surface area contributed by atoms with Gasteiger partial charge in [-0.25, -0.2) is 9.50 Å². The fourth-order valence-electron chi connectivity index (χ4n) is 2.83. The Hall–Kier alpha value is -3.64. The molecule has 0 aliphatic heterocycles. The molecule has 1 saturated carbocycles. The van der Waals surface area contributed by atoms with Gasteiger partial charge in [0.2, 0.25) is 0 Å². The summed E-state index contributed by atoms with van der Waals surface area (Å²) in [4.78, 5) is 21.3. The largest absolute Gasteiger partial charge is 0.382 e. The summed E-state index contributed by atoms with van der Waals surface area (Å²) in [5, 5.41) is 14.0. The van der Waals surface area contributed by atoms with Crippen LogP contribution >= 0.6 is 0 Å². The number of carbonyl (C=O) groups is 1. The van der Waals surface area contributed by atoms with E-state index in [1.54, 1.807) is 29.1 Å². The summed E-state index contributed by atoms with van der Waals surface area (Å²) in [5.74, 6) is 3.15. The van der Waals surface area contributed by atoms with Gasteiger partial charge >= 0.3 is 0 Å². The standard InChI is InChI=1S/C13H14N4O.C12H21N3O/c1-2-3-9-10(12(18)8-4-5-8)6-17-11(9)13(14)15-7-16-17;1-6-7-8-13-9-14-10-16-15-11(2)12(3,4)5/h2,6-8H,1,3-5H2,(H2,14,15,16);1,7-8,13-14H,9-10H2,2-5H3/b;8-7+,15-11+. The quantitative estimate of drug-likeness (QED) is 0.0937. The Kier molecular flexibility index (Phi) is 9.83. The predicted octanol–water partition coefficient (Wildman–Crippen LogP) is 3.30. The zero-order valence-electron chi connectivity index (χ0n) is 20.5. The average Bonchev–Trinajstić information content (AvgIpc) is 3.57. The molecule has 2 heterocycles. The van der Waals surface area contributed by atoms with Crippen molar-refractivity contribution in [1.29, 1.82) is 0 Å². The summed E-state index contributed by atoms with van der Waals surface area (Å²) < 4.78 is 1.64. The highest BCUT2D eigenvalue weighted by atomic mass is 16.6. The highest BCUT2D eigenvalue weighted by Gasteiger charge is 2.33. The van der Waals surface area contributed by atoms with Crippen LogP contribution in [0.25, 0.3) is 5.52 Å². The van der Waals surface area contributed by atoms with Crippen molar-refractivity contribution in [2.24, 2.45) is 16.5 Å². The lowest BCUT2D eigenvalue weighted by Crippen LogP contribution is -2.27. The lowest BCUT2D eigenvalue weighted by Gasteiger charge is -2.16. The van der Waals surface area contributed by atoms with Crippen LogP contribution in [0, 0.1) is 23.7 Å². The number of aromatic nitrogens is 3. The van der Waals surface area contributed by atoms with Gasteiger partial charge in [-0.1, -0.05) is 37.9 Å². The third-order valence-electron chi connectivity index (χ3n) is 5.25. The van der Waals surface area contributed by atoms with Gasteiger partial charge in [0, 0.05) is 35.4 Å². The number of terminal acetylenes is 1. The Balaban J connectivity index is 0.000000243.